The normalized spacial score (nSPS) is 14.7. The minimum atomic E-state index is -0.422. The van der Waals surface area contributed by atoms with Gasteiger partial charge in [-0.2, -0.15) is 0 Å². The van der Waals surface area contributed by atoms with Gasteiger partial charge >= 0.3 is 0 Å². The van der Waals surface area contributed by atoms with Gasteiger partial charge in [0.1, 0.15) is 17.7 Å². The molecule has 1 heterocycles. The first-order chi connectivity index (χ1) is 17.0. The fourth-order valence-corrected chi connectivity index (χ4v) is 4.23. The third kappa shape index (κ3) is 6.98. The van der Waals surface area contributed by atoms with Gasteiger partial charge < -0.3 is 9.64 Å². The Hall–Kier alpha value is -3.06. The lowest BCUT2D eigenvalue weighted by Crippen LogP contribution is -2.49. The monoisotopic (exact) mass is 496 g/mol. The van der Waals surface area contributed by atoms with Crippen molar-refractivity contribution in [3.63, 3.8) is 0 Å². The summed E-state index contributed by atoms with van der Waals surface area (Å²) in [4.78, 5) is 16.6. The van der Waals surface area contributed by atoms with Gasteiger partial charge in [-0.15, -0.1) is 0 Å². The van der Waals surface area contributed by atoms with Crippen molar-refractivity contribution in [3.8, 4) is 0 Å². The van der Waals surface area contributed by atoms with Crippen LogP contribution >= 0.6 is 11.6 Å². The van der Waals surface area contributed by atoms with Crippen molar-refractivity contribution < 1.29 is 18.3 Å². The van der Waals surface area contributed by atoms with Gasteiger partial charge in [-0.1, -0.05) is 54.1 Å². The van der Waals surface area contributed by atoms with Gasteiger partial charge in [0.2, 0.25) is 5.91 Å². The van der Waals surface area contributed by atoms with Gasteiger partial charge in [-0.05, 0) is 53.1 Å². The van der Waals surface area contributed by atoms with E-state index >= 15 is 0 Å². The van der Waals surface area contributed by atoms with E-state index in [0.717, 1.165) is 29.8 Å². The number of nitrogens with zero attached hydrogens (tertiary/aromatic N) is 2. The highest BCUT2D eigenvalue weighted by atomic mass is 35.5. The molecule has 1 fully saturated rings. The number of carbonyl (C=O) groups excluding carboxylic acids is 1. The van der Waals surface area contributed by atoms with Gasteiger partial charge in [0.25, 0.3) is 0 Å². The lowest BCUT2D eigenvalue weighted by atomic mass is 10.0. The summed E-state index contributed by atoms with van der Waals surface area (Å²) in [6, 6.07) is 19.7. The molecule has 4 nitrogen and oxygen atoms in total. The molecule has 0 radical (unpaired) electrons. The van der Waals surface area contributed by atoms with Crippen molar-refractivity contribution in [3.05, 3.63) is 112 Å². The van der Waals surface area contributed by atoms with Gasteiger partial charge in [0.15, 0.2) is 0 Å². The maximum Gasteiger partial charge on any atom is 0.246 e. The molecule has 0 N–H and O–H groups in total. The minimum Gasteiger partial charge on any atom is -0.367 e. The third-order valence-electron chi connectivity index (χ3n) is 6.03. The van der Waals surface area contributed by atoms with Crippen LogP contribution in [0.25, 0.3) is 6.08 Å². The Balaban J connectivity index is 1.28. The van der Waals surface area contributed by atoms with Gasteiger partial charge in [-0.25, -0.2) is 8.78 Å². The maximum atomic E-state index is 13.4. The summed E-state index contributed by atoms with van der Waals surface area (Å²) < 4.78 is 33.0. The zero-order chi connectivity index (χ0) is 24.6. The van der Waals surface area contributed by atoms with Gasteiger partial charge in [0, 0.05) is 43.8 Å². The number of rotatable bonds is 8. The summed E-state index contributed by atoms with van der Waals surface area (Å²) in [6.07, 6.45) is 2.89. The molecule has 0 aromatic heterocycles. The second-order valence-corrected chi connectivity index (χ2v) is 8.78. The largest absolute Gasteiger partial charge is 0.367 e. The van der Waals surface area contributed by atoms with Crippen molar-refractivity contribution in [1.29, 1.82) is 0 Å². The second kappa shape index (κ2) is 12.1. The van der Waals surface area contributed by atoms with E-state index in [1.54, 1.807) is 42.5 Å². The van der Waals surface area contributed by atoms with Crippen molar-refractivity contribution >= 4 is 23.6 Å². The standard InChI is InChI=1S/C28H27ClF2N2O2/c29-26-4-2-1-3-21(26)9-14-27(34)33-17-15-32(16-18-33)19-20-35-28(22-5-10-24(30)11-6-22)23-7-12-25(31)13-8-23/h1-14,28H,15-20H2/b14-9+. The Morgan fingerprint density at radius 1 is 0.886 bits per heavy atom. The van der Waals surface area contributed by atoms with E-state index in [4.69, 9.17) is 16.3 Å². The van der Waals surface area contributed by atoms with Crippen LogP contribution in [0.5, 0.6) is 0 Å². The van der Waals surface area contributed by atoms with Crippen LogP contribution < -0.4 is 0 Å². The Morgan fingerprint density at radius 3 is 2.03 bits per heavy atom. The van der Waals surface area contributed by atoms with E-state index in [-0.39, 0.29) is 17.5 Å². The lowest BCUT2D eigenvalue weighted by Gasteiger charge is -2.34. The molecule has 0 saturated carbocycles. The smallest absolute Gasteiger partial charge is 0.246 e. The molecule has 1 saturated heterocycles. The number of ether oxygens (including phenoxy) is 1. The molecule has 1 amide bonds. The highest BCUT2D eigenvalue weighted by Gasteiger charge is 2.21. The molecule has 0 unspecified atom stereocenters. The first-order valence-electron chi connectivity index (χ1n) is 11.6. The quantitative estimate of drug-likeness (QED) is 0.382. The summed E-state index contributed by atoms with van der Waals surface area (Å²) in [5, 5.41) is 0.612. The zero-order valence-corrected chi connectivity index (χ0v) is 20.0. The molecule has 4 rings (SSSR count). The van der Waals surface area contributed by atoms with E-state index < -0.39 is 6.10 Å². The zero-order valence-electron chi connectivity index (χ0n) is 19.2. The van der Waals surface area contributed by atoms with Crippen molar-refractivity contribution in [2.45, 2.75) is 6.10 Å². The number of halogens is 3. The van der Waals surface area contributed by atoms with Crippen LogP contribution in [0.4, 0.5) is 8.78 Å². The van der Waals surface area contributed by atoms with Crippen molar-refractivity contribution in [1.82, 2.24) is 9.80 Å². The molecule has 3 aromatic carbocycles. The highest BCUT2D eigenvalue weighted by molar-refractivity contribution is 6.32. The number of amides is 1. The molecule has 182 valence electrons. The Kier molecular flexibility index (Phi) is 8.64. The summed E-state index contributed by atoms with van der Waals surface area (Å²) >= 11 is 6.15. The molecule has 0 bridgehead atoms. The summed E-state index contributed by atoms with van der Waals surface area (Å²) in [7, 11) is 0. The highest BCUT2D eigenvalue weighted by Crippen LogP contribution is 2.26. The average Bonchev–Trinajstić information content (AvgIpc) is 2.88. The Labute approximate surface area is 209 Å². The third-order valence-corrected chi connectivity index (χ3v) is 6.38. The van der Waals surface area contributed by atoms with Crippen LogP contribution in [-0.4, -0.2) is 55.0 Å². The molecular weight excluding hydrogens is 470 g/mol. The van der Waals surface area contributed by atoms with E-state index in [1.807, 2.05) is 23.1 Å². The molecule has 0 aliphatic carbocycles. The summed E-state index contributed by atoms with van der Waals surface area (Å²) in [5.74, 6) is -0.671. The number of hydrogen-bond acceptors (Lipinski definition) is 3. The van der Waals surface area contributed by atoms with Crippen LogP contribution in [0.3, 0.4) is 0 Å². The van der Waals surface area contributed by atoms with E-state index in [1.165, 1.54) is 24.3 Å². The molecular formula is C28H27ClF2N2O2. The first kappa shape index (κ1) is 25.0. The van der Waals surface area contributed by atoms with E-state index in [2.05, 4.69) is 4.90 Å². The molecule has 1 aliphatic rings. The van der Waals surface area contributed by atoms with E-state index in [0.29, 0.717) is 31.3 Å². The Bertz CT molecular complexity index is 1100. The predicted octanol–water partition coefficient (Wildman–Crippen LogP) is 5.58. The SMILES string of the molecule is O=C(/C=C/c1ccccc1Cl)N1CCN(CCOC(c2ccc(F)cc2)c2ccc(F)cc2)CC1. The van der Waals surface area contributed by atoms with Gasteiger partial charge in [-0.3, -0.25) is 9.69 Å². The van der Waals surface area contributed by atoms with Crippen LogP contribution in [-0.2, 0) is 9.53 Å². The average molecular weight is 497 g/mol. The van der Waals surface area contributed by atoms with Crippen molar-refractivity contribution in [2.75, 3.05) is 39.3 Å². The Morgan fingerprint density at radius 2 is 1.46 bits per heavy atom. The molecule has 3 aromatic rings. The van der Waals surface area contributed by atoms with Gasteiger partial charge in [0.05, 0.1) is 6.61 Å². The fraction of sp³-hybridized carbons (Fsp3) is 0.250. The molecule has 35 heavy (non-hydrogen) atoms. The van der Waals surface area contributed by atoms with Crippen LogP contribution in [0.15, 0.2) is 78.9 Å². The number of piperazine rings is 1. The van der Waals surface area contributed by atoms with Crippen LogP contribution in [0.2, 0.25) is 5.02 Å². The summed E-state index contributed by atoms with van der Waals surface area (Å²) in [6.45, 7) is 3.88. The molecule has 0 atom stereocenters. The predicted molar refractivity (Wildman–Crippen MR) is 134 cm³/mol. The van der Waals surface area contributed by atoms with Crippen LogP contribution in [0.1, 0.15) is 22.8 Å². The fourth-order valence-electron chi connectivity index (χ4n) is 4.03. The minimum absolute atomic E-state index is 0.0338. The van der Waals surface area contributed by atoms with Crippen LogP contribution in [0, 0.1) is 11.6 Å². The molecule has 1 aliphatic heterocycles. The first-order valence-corrected chi connectivity index (χ1v) is 11.9. The number of hydrogen-bond donors (Lipinski definition) is 0. The second-order valence-electron chi connectivity index (χ2n) is 8.38. The topological polar surface area (TPSA) is 32.8 Å². The molecule has 7 heteroatoms. The summed E-state index contributed by atoms with van der Waals surface area (Å²) in [5.41, 5.74) is 2.42. The lowest BCUT2D eigenvalue weighted by molar-refractivity contribution is -0.127. The number of carbonyl (C=O) groups is 1. The molecule has 0 spiro atoms. The van der Waals surface area contributed by atoms with Crippen molar-refractivity contribution in [2.24, 2.45) is 0 Å². The van der Waals surface area contributed by atoms with E-state index in [9.17, 15) is 13.6 Å². The number of benzene rings is 3. The maximum absolute atomic E-state index is 13.4.